The van der Waals surface area contributed by atoms with E-state index in [-0.39, 0.29) is 34.9 Å². The predicted molar refractivity (Wildman–Crippen MR) is 135 cm³/mol. The summed E-state index contributed by atoms with van der Waals surface area (Å²) in [7, 11) is 1.28. The van der Waals surface area contributed by atoms with Gasteiger partial charge in [0.2, 0.25) is 0 Å². The quantitative estimate of drug-likeness (QED) is 0.254. The molecule has 0 spiro atoms. The highest BCUT2D eigenvalue weighted by atomic mass is 19.4. The number of hydrogen-bond acceptors (Lipinski definition) is 4. The molecule has 0 aliphatic carbocycles. The fourth-order valence-corrected chi connectivity index (χ4v) is 4.84. The molecule has 1 aliphatic heterocycles. The van der Waals surface area contributed by atoms with Crippen molar-refractivity contribution in [3.63, 3.8) is 0 Å². The second-order valence-electron chi connectivity index (χ2n) is 10.0. The van der Waals surface area contributed by atoms with Crippen LogP contribution < -0.4 is 9.47 Å². The molecule has 1 heterocycles. The minimum Gasteiger partial charge on any atom is -0.496 e. The summed E-state index contributed by atoms with van der Waals surface area (Å²) in [6.45, 7) is 4.54. The predicted octanol–water partition coefficient (Wildman–Crippen LogP) is 8.76. The minimum atomic E-state index is -5.03. The van der Waals surface area contributed by atoms with Gasteiger partial charge in [0.25, 0.3) is 0 Å². The number of hydrogen-bond donors (Lipinski definition) is 0. The van der Waals surface area contributed by atoms with E-state index in [1.165, 1.54) is 26.2 Å². The van der Waals surface area contributed by atoms with Crippen molar-refractivity contribution in [2.24, 2.45) is 0 Å². The number of carbonyl (C=O) groups excluding carboxylic acids is 1. The summed E-state index contributed by atoms with van der Waals surface area (Å²) in [6.07, 6.45) is -12.2. The van der Waals surface area contributed by atoms with Crippen molar-refractivity contribution in [3.05, 3.63) is 82.4 Å². The first-order valence-electron chi connectivity index (χ1n) is 12.6. The van der Waals surface area contributed by atoms with Crippen LogP contribution in [-0.2, 0) is 17.5 Å². The van der Waals surface area contributed by atoms with E-state index in [2.05, 4.69) is 4.74 Å². The first kappa shape index (κ1) is 30.9. The molecule has 0 unspecified atom stereocenters. The summed E-state index contributed by atoms with van der Waals surface area (Å²) >= 11 is 0. The van der Waals surface area contributed by atoms with Crippen molar-refractivity contribution in [1.82, 2.24) is 4.90 Å². The third-order valence-electron chi connectivity index (χ3n) is 6.85. The van der Waals surface area contributed by atoms with Gasteiger partial charge in [0, 0.05) is 11.6 Å². The lowest BCUT2D eigenvalue weighted by Crippen LogP contribution is -2.31. The van der Waals surface area contributed by atoms with Crippen molar-refractivity contribution in [3.8, 4) is 22.6 Å². The highest BCUT2D eigenvalue weighted by Crippen LogP contribution is 2.41. The van der Waals surface area contributed by atoms with Gasteiger partial charge in [-0.25, -0.2) is 13.6 Å². The van der Waals surface area contributed by atoms with Crippen molar-refractivity contribution < 1.29 is 54.1 Å². The van der Waals surface area contributed by atoms with Crippen molar-refractivity contribution in [2.45, 2.75) is 57.9 Å². The van der Waals surface area contributed by atoms with E-state index < -0.39 is 53.7 Å². The molecule has 1 saturated heterocycles. The third kappa shape index (κ3) is 6.55. The summed E-state index contributed by atoms with van der Waals surface area (Å²) in [5.41, 5.74) is -0.529. The summed E-state index contributed by atoms with van der Waals surface area (Å²) in [4.78, 5) is 14.0. The molecule has 0 aromatic heterocycles. The molecule has 5 nitrogen and oxygen atoms in total. The van der Waals surface area contributed by atoms with Gasteiger partial charge < -0.3 is 14.2 Å². The zero-order valence-corrected chi connectivity index (χ0v) is 22.7. The lowest BCUT2D eigenvalue weighted by atomic mass is 9.92. The number of amides is 1. The number of methoxy groups -OCH3 is 1. The Labute approximate surface area is 235 Å². The van der Waals surface area contributed by atoms with Crippen LogP contribution >= 0.6 is 0 Å². The Bertz CT molecular complexity index is 1490. The van der Waals surface area contributed by atoms with Gasteiger partial charge in [-0.05, 0) is 71.5 Å². The number of rotatable bonds is 7. The molecule has 1 aliphatic rings. The molecular formula is C29H25F8NO4. The maximum Gasteiger partial charge on any atom is 0.573 e. The van der Waals surface area contributed by atoms with E-state index in [0.29, 0.717) is 23.3 Å². The van der Waals surface area contributed by atoms with Crippen molar-refractivity contribution in [2.75, 3.05) is 7.11 Å². The molecule has 226 valence electrons. The van der Waals surface area contributed by atoms with Gasteiger partial charge in [0.15, 0.2) is 0 Å². The number of alkyl halides is 6. The van der Waals surface area contributed by atoms with Crippen LogP contribution in [0.3, 0.4) is 0 Å². The zero-order valence-electron chi connectivity index (χ0n) is 22.7. The SMILES string of the molecule is COc1cc(F)c(C(C)C)cc1-c1ccc(OC(F)(F)F)cc1CN1C(=O)O[C@H](c2cc(F)cc(C(F)(F)F)c2)[C@@H]1C. The molecule has 0 bridgehead atoms. The number of ether oxygens (including phenoxy) is 3. The fourth-order valence-electron chi connectivity index (χ4n) is 4.84. The van der Waals surface area contributed by atoms with E-state index in [1.807, 2.05) is 0 Å². The average Bonchev–Trinajstić information content (AvgIpc) is 3.15. The molecule has 2 atom stereocenters. The Morgan fingerprint density at radius 3 is 2.24 bits per heavy atom. The Hall–Kier alpha value is -4.03. The number of nitrogens with zero attached hydrogens (tertiary/aromatic N) is 1. The van der Waals surface area contributed by atoms with Crippen LogP contribution in [0.15, 0.2) is 48.5 Å². The highest BCUT2D eigenvalue weighted by Gasteiger charge is 2.42. The molecular weight excluding hydrogens is 578 g/mol. The van der Waals surface area contributed by atoms with Crippen LogP contribution in [-0.4, -0.2) is 30.5 Å². The van der Waals surface area contributed by atoms with Gasteiger partial charge in [0.05, 0.1) is 25.3 Å². The van der Waals surface area contributed by atoms with Gasteiger partial charge in [-0.1, -0.05) is 19.9 Å². The number of halogens is 8. The Balaban J connectivity index is 1.78. The summed E-state index contributed by atoms with van der Waals surface area (Å²) in [5, 5.41) is 0. The second-order valence-corrected chi connectivity index (χ2v) is 10.0. The first-order valence-corrected chi connectivity index (χ1v) is 12.6. The van der Waals surface area contributed by atoms with Gasteiger partial charge in [-0.2, -0.15) is 13.2 Å². The highest BCUT2D eigenvalue weighted by molar-refractivity contribution is 5.77. The van der Waals surface area contributed by atoms with Crippen LogP contribution in [0.25, 0.3) is 11.1 Å². The monoisotopic (exact) mass is 603 g/mol. The summed E-state index contributed by atoms with van der Waals surface area (Å²) < 4.78 is 122. The summed E-state index contributed by atoms with van der Waals surface area (Å²) in [5.74, 6) is -2.56. The molecule has 42 heavy (non-hydrogen) atoms. The third-order valence-corrected chi connectivity index (χ3v) is 6.85. The average molecular weight is 604 g/mol. The molecule has 3 aromatic rings. The van der Waals surface area contributed by atoms with E-state index >= 15 is 0 Å². The topological polar surface area (TPSA) is 48.0 Å². The van der Waals surface area contributed by atoms with Gasteiger partial charge in [-0.3, -0.25) is 4.90 Å². The summed E-state index contributed by atoms with van der Waals surface area (Å²) in [6, 6.07) is 6.82. The van der Waals surface area contributed by atoms with E-state index in [1.54, 1.807) is 13.8 Å². The standard InChI is InChI=1S/C29H25F8NO4/c1-14(2)22-11-23(25(40-4)12-24(22)31)21-6-5-20(42-29(35,36)37)9-17(21)13-38-15(3)26(41-27(38)39)16-7-18(28(32,33)34)10-19(30)8-16/h5-12,14-15,26H,13H2,1-4H3/t15-,26-/m0/s1. The molecule has 0 radical (unpaired) electrons. The normalized spacial score (nSPS) is 17.5. The van der Waals surface area contributed by atoms with E-state index in [4.69, 9.17) is 9.47 Å². The molecule has 3 aromatic carbocycles. The smallest absolute Gasteiger partial charge is 0.496 e. The maximum absolute atomic E-state index is 14.7. The lowest BCUT2D eigenvalue weighted by molar-refractivity contribution is -0.274. The van der Waals surface area contributed by atoms with Gasteiger partial charge in [-0.15, -0.1) is 13.2 Å². The molecule has 13 heteroatoms. The molecule has 0 saturated carbocycles. The van der Waals surface area contributed by atoms with Crippen molar-refractivity contribution in [1.29, 1.82) is 0 Å². The number of cyclic esters (lactones) is 1. The number of carbonyl (C=O) groups is 1. The molecule has 1 amide bonds. The van der Waals surface area contributed by atoms with Crippen LogP contribution in [0.5, 0.6) is 11.5 Å². The van der Waals surface area contributed by atoms with Crippen molar-refractivity contribution >= 4 is 6.09 Å². The Morgan fingerprint density at radius 2 is 1.64 bits per heavy atom. The Morgan fingerprint density at radius 1 is 0.952 bits per heavy atom. The van der Waals surface area contributed by atoms with E-state index in [9.17, 15) is 39.9 Å². The Kier molecular flexibility index (Phi) is 8.34. The fraction of sp³-hybridized carbons (Fsp3) is 0.345. The molecule has 4 rings (SSSR count). The van der Waals surface area contributed by atoms with Gasteiger partial charge >= 0.3 is 18.6 Å². The lowest BCUT2D eigenvalue weighted by Gasteiger charge is -2.24. The zero-order chi connectivity index (χ0) is 31.1. The minimum absolute atomic E-state index is 0.0667. The van der Waals surface area contributed by atoms with Crippen LogP contribution in [0.4, 0.5) is 39.9 Å². The van der Waals surface area contributed by atoms with Crippen LogP contribution in [0, 0.1) is 11.6 Å². The van der Waals surface area contributed by atoms with Gasteiger partial charge in [0.1, 0.15) is 29.2 Å². The number of benzene rings is 3. The largest absolute Gasteiger partial charge is 0.573 e. The van der Waals surface area contributed by atoms with E-state index in [0.717, 1.165) is 29.2 Å². The van der Waals surface area contributed by atoms with Crippen LogP contribution in [0.2, 0.25) is 0 Å². The second kappa shape index (κ2) is 11.3. The molecule has 1 fully saturated rings. The molecule has 0 N–H and O–H groups in total. The maximum atomic E-state index is 14.7. The van der Waals surface area contributed by atoms with Crippen LogP contribution in [0.1, 0.15) is 55.0 Å². The first-order chi connectivity index (χ1) is 19.5.